The minimum Gasteiger partial charge on any atom is -0.411 e. The monoisotopic (exact) mass is 366 g/mol. The molecule has 0 saturated heterocycles. The number of ketones is 1. The van der Waals surface area contributed by atoms with Crippen molar-refractivity contribution in [2.75, 3.05) is 5.75 Å². The van der Waals surface area contributed by atoms with Crippen LogP contribution in [0.15, 0.2) is 52.1 Å². The first-order valence-corrected chi connectivity index (χ1v) is 9.71. The number of aromatic nitrogens is 2. The maximum atomic E-state index is 12.3. The second-order valence-corrected chi connectivity index (χ2v) is 7.26. The maximum Gasteiger partial charge on any atom is 0.277 e. The van der Waals surface area contributed by atoms with Gasteiger partial charge in [-0.05, 0) is 49.1 Å². The summed E-state index contributed by atoms with van der Waals surface area (Å²) < 4.78 is 5.69. The molecule has 0 radical (unpaired) electrons. The van der Waals surface area contributed by atoms with Crippen LogP contribution >= 0.6 is 11.8 Å². The summed E-state index contributed by atoms with van der Waals surface area (Å²) >= 11 is 1.27. The zero-order valence-corrected chi connectivity index (χ0v) is 16.1. The molecule has 0 amide bonds. The summed E-state index contributed by atoms with van der Waals surface area (Å²) in [4.78, 5) is 12.3. The third kappa shape index (κ3) is 4.41. The van der Waals surface area contributed by atoms with E-state index in [-0.39, 0.29) is 11.5 Å². The Morgan fingerprint density at radius 2 is 1.81 bits per heavy atom. The van der Waals surface area contributed by atoms with E-state index >= 15 is 0 Å². The molecule has 0 aliphatic heterocycles. The topological polar surface area (TPSA) is 56.0 Å². The Bertz CT molecular complexity index is 901. The molecule has 0 unspecified atom stereocenters. The Morgan fingerprint density at radius 1 is 1.04 bits per heavy atom. The number of benzene rings is 2. The van der Waals surface area contributed by atoms with E-state index in [1.807, 2.05) is 42.5 Å². The van der Waals surface area contributed by atoms with E-state index in [0.29, 0.717) is 16.7 Å². The molecule has 0 bridgehead atoms. The third-order valence-electron chi connectivity index (χ3n) is 4.30. The van der Waals surface area contributed by atoms with E-state index in [4.69, 9.17) is 4.42 Å². The second-order valence-electron chi connectivity index (χ2n) is 6.33. The highest BCUT2D eigenvalue weighted by Gasteiger charge is 2.13. The SMILES string of the molecule is CCCc1ccc(C(=O)CSc2nnc(-c3ccc(C)c(C)c3)o2)cc1. The Balaban J connectivity index is 1.62. The lowest BCUT2D eigenvalue weighted by molar-refractivity contribution is 0.102. The van der Waals surface area contributed by atoms with Crippen molar-refractivity contribution in [1.82, 2.24) is 10.2 Å². The van der Waals surface area contributed by atoms with Crippen molar-refractivity contribution < 1.29 is 9.21 Å². The molecule has 0 saturated carbocycles. The Kier molecular flexibility index (Phi) is 5.89. The van der Waals surface area contributed by atoms with Crippen LogP contribution < -0.4 is 0 Å². The number of aryl methyl sites for hydroxylation is 3. The number of thioether (sulfide) groups is 1. The lowest BCUT2D eigenvalue weighted by Crippen LogP contribution is -2.02. The summed E-state index contributed by atoms with van der Waals surface area (Å²) in [7, 11) is 0. The minimum absolute atomic E-state index is 0.0592. The average molecular weight is 366 g/mol. The van der Waals surface area contributed by atoms with Crippen LogP contribution in [-0.4, -0.2) is 21.7 Å². The summed E-state index contributed by atoms with van der Waals surface area (Å²) in [5, 5.41) is 8.55. The number of hydrogen-bond acceptors (Lipinski definition) is 5. The van der Waals surface area contributed by atoms with Gasteiger partial charge in [0.25, 0.3) is 5.22 Å². The van der Waals surface area contributed by atoms with Crippen molar-refractivity contribution in [2.24, 2.45) is 0 Å². The van der Waals surface area contributed by atoms with Gasteiger partial charge in [0.05, 0.1) is 5.75 Å². The first-order chi connectivity index (χ1) is 12.6. The minimum atomic E-state index is 0.0592. The molecular formula is C21H22N2O2S. The van der Waals surface area contributed by atoms with Crippen LogP contribution in [0, 0.1) is 13.8 Å². The molecule has 0 aliphatic carbocycles. The van der Waals surface area contributed by atoms with Crippen molar-refractivity contribution in [3.63, 3.8) is 0 Å². The number of hydrogen-bond donors (Lipinski definition) is 0. The first kappa shape index (κ1) is 18.4. The third-order valence-corrected chi connectivity index (χ3v) is 5.12. The maximum absolute atomic E-state index is 12.3. The van der Waals surface area contributed by atoms with Crippen molar-refractivity contribution >= 4 is 17.5 Å². The molecule has 0 spiro atoms. The van der Waals surface area contributed by atoms with E-state index < -0.39 is 0 Å². The van der Waals surface area contributed by atoms with E-state index in [1.165, 1.54) is 28.5 Å². The first-order valence-electron chi connectivity index (χ1n) is 8.73. The van der Waals surface area contributed by atoms with Crippen LogP contribution in [0.3, 0.4) is 0 Å². The lowest BCUT2D eigenvalue weighted by Gasteiger charge is -2.02. The molecule has 1 heterocycles. The Labute approximate surface area is 158 Å². The predicted molar refractivity (Wildman–Crippen MR) is 105 cm³/mol. The molecule has 0 atom stereocenters. The molecular weight excluding hydrogens is 344 g/mol. The zero-order valence-electron chi connectivity index (χ0n) is 15.3. The second kappa shape index (κ2) is 8.32. The molecule has 26 heavy (non-hydrogen) atoms. The molecule has 134 valence electrons. The van der Waals surface area contributed by atoms with E-state index in [1.54, 1.807) is 0 Å². The quantitative estimate of drug-likeness (QED) is 0.420. The standard InChI is InChI=1S/C21H22N2O2S/c1-4-5-16-7-10-17(11-8-16)19(24)13-26-21-23-22-20(25-21)18-9-6-14(2)15(3)12-18/h6-12H,4-5,13H2,1-3H3. The van der Waals surface area contributed by atoms with Gasteiger partial charge in [0.1, 0.15) is 0 Å². The van der Waals surface area contributed by atoms with Crippen molar-refractivity contribution in [3.05, 3.63) is 64.7 Å². The van der Waals surface area contributed by atoms with Crippen LogP contribution in [0.25, 0.3) is 11.5 Å². The van der Waals surface area contributed by atoms with Gasteiger partial charge in [-0.3, -0.25) is 4.79 Å². The lowest BCUT2D eigenvalue weighted by atomic mass is 10.1. The Morgan fingerprint density at radius 3 is 2.50 bits per heavy atom. The molecule has 1 aromatic heterocycles. The fourth-order valence-corrected chi connectivity index (χ4v) is 3.27. The molecule has 5 heteroatoms. The number of nitrogens with zero attached hydrogens (tertiary/aromatic N) is 2. The summed E-state index contributed by atoms with van der Waals surface area (Å²) in [5.74, 6) is 0.817. The zero-order chi connectivity index (χ0) is 18.5. The molecule has 0 aliphatic rings. The normalized spacial score (nSPS) is 10.9. The molecule has 2 aromatic carbocycles. The van der Waals surface area contributed by atoms with Crippen molar-refractivity contribution in [1.29, 1.82) is 0 Å². The van der Waals surface area contributed by atoms with Gasteiger partial charge in [0.15, 0.2) is 5.78 Å². The van der Waals surface area contributed by atoms with Crippen LogP contribution in [0.4, 0.5) is 0 Å². The molecule has 3 rings (SSSR count). The van der Waals surface area contributed by atoms with Gasteiger partial charge in [0.2, 0.25) is 5.89 Å². The predicted octanol–water partition coefficient (Wildman–Crippen LogP) is 5.28. The van der Waals surface area contributed by atoms with Crippen molar-refractivity contribution in [2.45, 2.75) is 38.8 Å². The van der Waals surface area contributed by atoms with Crippen LogP contribution in [0.1, 0.15) is 40.4 Å². The van der Waals surface area contributed by atoms with Gasteiger partial charge in [-0.15, -0.1) is 10.2 Å². The smallest absolute Gasteiger partial charge is 0.277 e. The average Bonchev–Trinajstić information content (AvgIpc) is 3.12. The van der Waals surface area contributed by atoms with Gasteiger partial charge < -0.3 is 4.42 Å². The molecule has 3 aromatic rings. The highest BCUT2D eigenvalue weighted by molar-refractivity contribution is 7.99. The number of rotatable bonds is 7. The molecule has 0 N–H and O–H groups in total. The van der Waals surface area contributed by atoms with E-state index in [0.717, 1.165) is 18.4 Å². The van der Waals surface area contributed by atoms with Gasteiger partial charge >= 0.3 is 0 Å². The van der Waals surface area contributed by atoms with Crippen molar-refractivity contribution in [3.8, 4) is 11.5 Å². The molecule has 0 fully saturated rings. The van der Waals surface area contributed by atoms with Crippen LogP contribution in [-0.2, 0) is 6.42 Å². The highest BCUT2D eigenvalue weighted by atomic mass is 32.2. The fourth-order valence-electron chi connectivity index (χ4n) is 2.62. The van der Waals surface area contributed by atoms with E-state index in [9.17, 15) is 4.79 Å². The number of Topliss-reactive ketones (excluding diaryl/α,β-unsaturated/α-hetero) is 1. The molecule has 4 nitrogen and oxygen atoms in total. The summed E-state index contributed by atoms with van der Waals surface area (Å²) in [6.45, 7) is 6.26. The van der Waals surface area contributed by atoms with Gasteiger partial charge in [0, 0.05) is 11.1 Å². The summed E-state index contributed by atoms with van der Waals surface area (Å²) in [6, 6.07) is 13.9. The fraction of sp³-hybridized carbons (Fsp3) is 0.286. The summed E-state index contributed by atoms with van der Waals surface area (Å²) in [6.07, 6.45) is 2.13. The Hall–Kier alpha value is -2.40. The number of carbonyl (C=O) groups is 1. The number of carbonyl (C=O) groups excluding carboxylic acids is 1. The van der Waals surface area contributed by atoms with E-state index in [2.05, 4.69) is 31.0 Å². The van der Waals surface area contributed by atoms with Gasteiger partial charge in [-0.25, -0.2) is 0 Å². The van der Waals surface area contributed by atoms with Gasteiger partial charge in [-0.2, -0.15) is 0 Å². The van der Waals surface area contributed by atoms with Crippen LogP contribution in [0.2, 0.25) is 0 Å². The highest BCUT2D eigenvalue weighted by Crippen LogP contribution is 2.25. The van der Waals surface area contributed by atoms with Gasteiger partial charge in [-0.1, -0.05) is 55.4 Å². The largest absolute Gasteiger partial charge is 0.411 e. The summed E-state index contributed by atoms with van der Waals surface area (Å²) in [5.41, 5.74) is 5.26. The van der Waals surface area contributed by atoms with Crippen LogP contribution in [0.5, 0.6) is 0 Å².